The zero-order valence-electron chi connectivity index (χ0n) is 12.8. The van der Waals surface area contributed by atoms with E-state index in [1.807, 2.05) is 54.6 Å². The van der Waals surface area contributed by atoms with Crippen LogP contribution in [-0.2, 0) is 6.42 Å². The number of ether oxygens (including phenoxy) is 1. The van der Waals surface area contributed by atoms with Crippen molar-refractivity contribution in [2.75, 3.05) is 7.11 Å². The van der Waals surface area contributed by atoms with Crippen molar-refractivity contribution in [2.24, 2.45) is 10.2 Å². The fraction of sp³-hybridized carbons (Fsp3) is 0.158. The number of methoxy groups -OCH3 is 1. The van der Waals surface area contributed by atoms with Crippen LogP contribution in [-0.4, -0.2) is 7.11 Å². The summed E-state index contributed by atoms with van der Waals surface area (Å²) < 4.78 is 5.41. The third-order valence-electron chi connectivity index (χ3n) is 3.72. The summed E-state index contributed by atoms with van der Waals surface area (Å²) in [6.45, 7) is 2.12. The lowest BCUT2D eigenvalue weighted by Crippen LogP contribution is -1.84. The molecule has 0 unspecified atom stereocenters. The molecule has 3 nitrogen and oxygen atoms in total. The maximum Gasteiger partial charge on any atom is 0.126 e. The molecule has 0 radical (unpaired) electrons. The maximum atomic E-state index is 5.41. The minimum Gasteiger partial charge on any atom is -0.496 e. The molecule has 0 saturated heterocycles. The molecule has 0 aliphatic rings. The van der Waals surface area contributed by atoms with Gasteiger partial charge in [-0.05, 0) is 30.2 Å². The lowest BCUT2D eigenvalue weighted by atomic mass is 10.1. The van der Waals surface area contributed by atoms with Crippen LogP contribution in [0.15, 0.2) is 70.9 Å². The van der Waals surface area contributed by atoms with Gasteiger partial charge in [0.1, 0.15) is 5.75 Å². The average Bonchev–Trinajstić information content (AvgIpc) is 2.59. The van der Waals surface area contributed by atoms with Gasteiger partial charge in [0.15, 0.2) is 0 Å². The van der Waals surface area contributed by atoms with Gasteiger partial charge < -0.3 is 4.74 Å². The van der Waals surface area contributed by atoms with Gasteiger partial charge in [-0.2, -0.15) is 5.11 Å². The van der Waals surface area contributed by atoms with E-state index in [1.54, 1.807) is 7.11 Å². The predicted octanol–water partition coefficient (Wildman–Crippen LogP) is 5.83. The molecule has 3 rings (SSSR count). The van der Waals surface area contributed by atoms with E-state index in [-0.39, 0.29) is 0 Å². The van der Waals surface area contributed by atoms with Crippen LogP contribution in [0.3, 0.4) is 0 Å². The Hall–Kier alpha value is -2.68. The summed E-state index contributed by atoms with van der Waals surface area (Å²) in [6.07, 6.45) is 0.943. The molecule has 0 bridgehead atoms. The van der Waals surface area contributed by atoms with Gasteiger partial charge in [-0.15, -0.1) is 5.11 Å². The molecule has 0 amide bonds. The van der Waals surface area contributed by atoms with Crippen LogP contribution in [0.4, 0.5) is 11.4 Å². The second kappa shape index (κ2) is 6.39. The van der Waals surface area contributed by atoms with Crippen molar-refractivity contribution in [3.8, 4) is 5.75 Å². The van der Waals surface area contributed by atoms with Crippen molar-refractivity contribution < 1.29 is 4.74 Å². The van der Waals surface area contributed by atoms with Crippen molar-refractivity contribution in [1.82, 2.24) is 0 Å². The highest BCUT2D eigenvalue weighted by Crippen LogP contribution is 2.34. The molecule has 3 aromatic rings. The van der Waals surface area contributed by atoms with Crippen molar-refractivity contribution in [1.29, 1.82) is 0 Å². The lowest BCUT2D eigenvalue weighted by molar-refractivity contribution is 0.420. The van der Waals surface area contributed by atoms with Gasteiger partial charge >= 0.3 is 0 Å². The Kier molecular flexibility index (Phi) is 4.15. The van der Waals surface area contributed by atoms with E-state index >= 15 is 0 Å². The van der Waals surface area contributed by atoms with E-state index in [4.69, 9.17) is 4.74 Å². The zero-order chi connectivity index (χ0) is 15.4. The smallest absolute Gasteiger partial charge is 0.126 e. The first-order valence-corrected chi connectivity index (χ1v) is 7.39. The molecule has 0 heterocycles. The lowest BCUT2D eigenvalue weighted by Gasteiger charge is -2.07. The Labute approximate surface area is 130 Å². The molecule has 0 spiro atoms. The molecule has 0 aromatic heterocycles. The fourth-order valence-electron chi connectivity index (χ4n) is 2.54. The second-order valence-corrected chi connectivity index (χ2v) is 5.01. The third kappa shape index (κ3) is 2.70. The van der Waals surface area contributed by atoms with Crippen molar-refractivity contribution in [3.05, 3.63) is 66.2 Å². The van der Waals surface area contributed by atoms with Gasteiger partial charge in [0.25, 0.3) is 0 Å². The maximum absolute atomic E-state index is 5.41. The van der Waals surface area contributed by atoms with Gasteiger partial charge in [-0.25, -0.2) is 0 Å². The zero-order valence-corrected chi connectivity index (χ0v) is 12.8. The van der Waals surface area contributed by atoms with Crippen LogP contribution in [0.2, 0.25) is 0 Å². The minimum absolute atomic E-state index is 0.849. The molecule has 0 saturated carbocycles. The number of nitrogens with zero attached hydrogens (tertiary/aromatic N) is 2. The van der Waals surface area contributed by atoms with E-state index < -0.39 is 0 Å². The quantitative estimate of drug-likeness (QED) is 0.557. The molecular weight excluding hydrogens is 272 g/mol. The molecule has 0 N–H and O–H groups in total. The Bertz CT molecular complexity index is 825. The summed E-state index contributed by atoms with van der Waals surface area (Å²) in [5.74, 6) is 0.850. The van der Waals surface area contributed by atoms with E-state index in [2.05, 4.69) is 23.2 Å². The second-order valence-electron chi connectivity index (χ2n) is 5.01. The first-order chi connectivity index (χ1) is 10.8. The van der Waals surface area contributed by atoms with Crippen LogP contribution < -0.4 is 4.74 Å². The number of hydrogen-bond donors (Lipinski definition) is 0. The van der Waals surface area contributed by atoms with Crippen molar-refractivity contribution >= 4 is 22.1 Å². The standard InChI is InChI=1S/C19H18N2O/c1-3-14-8-4-7-11-17(14)20-21-18-12-13-19(22-2)16-10-6-5-9-15(16)18/h4-13H,3H2,1-2H3. The molecule has 0 aliphatic carbocycles. The number of rotatable bonds is 4. The summed E-state index contributed by atoms with van der Waals surface area (Å²) in [6, 6.07) is 20.0. The van der Waals surface area contributed by atoms with Gasteiger partial charge in [0.2, 0.25) is 0 Å². The Morgan fingerprint density at radius 1 is 0.773 bits per heavy atom. The molecule has 22 heavy (non-hydrogen) atoms. The SMILES string of the molecule is CCc1ccccc1N=Nc1ccc(OC)c2ccccc12. The van der Waals surface area contributed by atoms with Crippen LogP contribution >= 0.6 is 0 Å². The van der Waals surface area contributed by atoms with Crippen LogP contribution in [0, 0.1) is 0 Å². The highest BCUT2D eigenvalue weighted by Gasteiger charge is 2.05. The molecular formula is C19H18N2O. The van der Waals surface area contributed by atoms with Gasteiger partial charge in [0, 0.05) is 10.8 Å². The van der Waals surface area contributed by atoms with E-state index in [0.717, 1.165) is 34.3 Å². The topological polar surface area (TPSA) is 34.0 Å². The number of fused-ring (bicyclic) bond motifs is 1. The van der Waals surface area contributed by atoms with Crippen molar-refractivity contribution in [2.45, 2.75) is 13.3 Å². The molecule has 3 heteroatoms. The fourth-order valence-corrected chi connectivity index (χ4v) is 2.54. The summed E-state index contributed by atoms with van der Waals surface area (Å²) in [4.78, 5) is 0. The largest absolute Gasteiger partial charge is 0.496 e. The number of aryl methyl sites for hydroxylation is 1. The van der Waals surface area contributed by atoms with Gasteiger partial charge in [-0.1, -0.05) is 49.4 Å². The van der Waals surface area contributed by atoms with Crippen LogP contribution in [0.5, 0.6) is 5.75 Å². The Morgan fingerprint density at radius 3 is 2.23 bits per heavy atom. The van der Waals surface area contributed by atoms with Crippen LogP contribution in [0.1, 0.15) is 12.5 Å². The highest BCUT2D eigenvalue weighted by atomic mass is 16.5. The van der Waals surface area contributed by atoms with Gasteiger partial charge in [-0.3, -0.25) is 0 Å². The van der Waals surface area contributed by atoms with Crippen molar-refractivity contribution in [3.63, 3.8) is 0 Å². The predicted molar refractivity (Wildman–Crippen MR) is 90.5 cm³/mol. The monoisotopic (exact) mass is 290 g/mol. The molecule has 0 aliphatic heterocycles. The summed E-state index contributed by atoms with van der Waals surface area (Å²) in [7, 11) is 1.68. The average molecular weight is 290 g/mol. The summed E-state index contributed by atoms with van der Waals surface area (Å²) in [5, 5.41) is 11.0. The highest BCUT2D eigenvalue weighted by molar-refractivity contribution is 5.96. The number of benzene rings is 3. The first-order valence-electron chi connectivity index (χ1n) is 7.39. The number of azo groups is 1. The molecule has 110 valence electrons. The first kappa shape index (κ1) is 14.3. The van der Waals surface area contributed by atoms with E-state index in [1.165, 1.54) is 5.56 Å². The normalized spacial score (nSPS) is 11.2. The Morgan fingerprint density at radius 2 is 1.45 bits per heavy atom. The number of hydrogen-bond acceptors (Lipinski definition) is 3. The summed E-state index contributed by atoms with van der Waals surface area (Å²) >= 11 is 0. The van der Waals surface area contributed by atoms with Crippen LogP contribution in [0.25, 0.3) is 10.8 Å². The van der Waals surface area contributed by atoms with E-state index in [0.29, 0.717) is 0 Å². The molecule has 3 aromatic carbocycles. The Balaban J connectivity index is 2.06. The third-order valence-corrected chi connectivity index (χ3v) is 3.72. The molecule has 0 atom stereocenters. The molecule has 0 fully saturated rings. The summed E-state index contributed by atoms with van der Waals surface area (Å²) in [5.41, 5.74) is 2.97. The van der Waals surface area contributed by atoms with E-state index in [9.17, 15) is 0 Å². The minimum atomic E-state index is 0.849. The van der Waals surface area contributed by atoms with Gasteiger partial charge in [0.05, 0.1) is 18.5 Å².